The van der Waals surface area contributed by atoms with Crippen LogP contribution < -0.4 is 15.8 Å². The highest BCUT2D eigenvalue weighted by Gasteiger charge is 2.29. The van der Waals surface area contributed by atoms with Gasteiger partial charge in [-0.25, -0.2) is 4.98 Å². The predicted molar refractivity (Wildman–Crippen MR) is 132 cm³/mol. The van der Waals surface area contributed by atoms with Gasteiger partial charge in [-0.15, -0.1) is 0 Å². The molecule has 1 fully saturated rings. The molecule has 0 saturated carbocycles. The van der Waals surface area contributed by atoms with Crippen molar-refractivity contribution in [1.29, 1.82) is 5.26 Å². The average molecular weight is 490 g/mol. The summed E-state index contributed by atoms with van der Waals surface area (Å²) in [6.45, 7) is 5.02. The second kappa shape index (κ2) is 10.9. The molecule has 0 unspecified atom stereocenters. The van der Waals surface area contributed by atoms with Crippen molar-refractivity contribution in [3.8, 4) is 6.07 Å². The van der Waals surface area contributed by atoms with Gasteiger partial charge in [0.05, 0.1) is 30.9 Å². The third-order valence-electron chi connectivity index (χ3n) is 6.14. The summed E-state index contributed by atoms with van der Waals surface area (Å²) < 4.78 is 11.8. The van der Waals surface area contributed by atoms with Gasteiger partial charge >= 0.3 is 5.97 Å². The Kier molecular flexibility index (Phi) is 7.49. The molecule has 1 aliphatic rings. The molecular formula is C26H27N5O5. The first kappa shape index (κ1) is 24.7. The SMILES string of the molecule is CCOC(=O)C1CCN(c2nc3c(C)cccn3c(=O)c2C=C(C#N)C(=O)NCc2ccco2)CC1. The van der Waals surface area contributed by atoms with Crippen LogP contribution in [0.5, 0.6) is 0 Å². The first-order valence-corrected chi connectivity index (χ1v) is 11.8. The maximum absolute atomic E-state index is 13.5. The molecule has 0 aliphatic carbocycles. The molecule has 0 aromatic carbocycles. The largest absolute Gasteiger partial charge is 0.467 e. The number of aryl methyl sites for hydroxylation is 1. The molecule has 0 atom stereocenters. The van der Waals surface area contributed by atoms with Crippen LogP contribution in [-0.2, 0) is 20.9 Å². The summed E-state index contributed by atoms with van der Waals surface area (Å²) in [4.78, 5) is 45.1. The summed E-state index contributed by atoms with van der Waals surface area (Å²) in [5.41, 5.74) is 0.818. The molecule has 1 N–H and O–H groups in total. The highest BCUT2D eigenvalue weighted by Crippen LogP contribution is 2.26. The van der Waals surface area contributed by atoms with E-state index in [1.54, 1.807) is 31.3 Å². The van der Waals surface area contributed by atoms with Crippen LogP contribution in [0, 0.1) is 24.2 Å². The van der Waals surface area contributed by atoms with Crippen molar-refractivity contribution in [1.82, 2.24) is 14.7 Å². The van der Waals surface area contributed by atoms with Crippen LogP contribution in [0.15, 0.2) is 51.5 Å². The number of piperidine rings is 1. The summed E-state index contributed by atoms with van der Waals surface area (Å²) in [6, 6.07) is 8.90. The highest BCUT2D eigenvalue weighted by molar-refractivity contribution is 6.02. The normalized spacial score (nSPS) is 14.5. The van der Waals surface area contributed by atoms with Gasteiger partial charge in [0.1, 0.15) is 28.9 Å². The van der Waals surface area contributed by atoms with E-state index >= 15 is 0 Å². The minimum atomic E-state index is -0.630. The molecule has 0 radical (unpaired) electrons. The molecule has 36 heavy (non-hydrogen) atoms. The maximum atomic E-state index is 13.5. The Morgan fingerprint density at radius 3 is 2.75 bits per heavy atom. The summed E-state index contributed by atoms with van der Waals surface area (Å²) in [7, 11) is 0. The fourth-order valence-corrected chi connectivity index (χ4v) is 4.22. The lowest BCUT2D eigenvalue weighted by Crippen LogP contribution is -2.39. The highest BCUT2D eigenvalue weighted by atomic mass is 16.5. The third kappa shape index (κ3) is 5.15. The zero-order chi connectivity index (χ0) is 25.7. The van der Waals surface area contributed by atoms with Gasteiger partial charge in [0.2, 0.25) is 0 Å². The Balaban J connectivity index is 1.71. The molecule has 3 aromatic rings. The molecule has 3 aromatic heterocycles. The first-order valence-electron chi connectivity index (χ1n) is 11.8. The number of hydrogen-bond acceptors (Lipinski definition) is 8. The minimum Gasteiger partial charge on any atom is -0.467 e. The quantitative estimate of drug-likeness (QED) is 0.305. The van der Waals surface area contributed by atoms with Crippen molar-refractivity contribution in [2.45, 2.75) is 33.2 Å². The van der Waals surface area contributed by atoms with Crippen molar-refractivity contribution in [2.75, 3.05) is 24.6 Å². The fourth-order valence-electron chi connectivity index (χ4n) is 4.22. The van der Waals surface area contributed by atoms with Gasteiger partial charge in [-0.3, -0.25) is 18.8 Å². The number of furan rings is 1. The second-order valence-electron chi connectivity index (χ2n) is 8.48. The number of nitrogens with zero attached hydrogens (tertiary/aromatic N) is 4. The average Bonchev–Trinajstić information content (AvgIpc) is 3.41. The zero-order valence-corrected chi connectivity index (χ0v) is 20.2. The fraction of sp³-hybridized carbons (Fsp3) is 0.346. The number of fused-ring (bicyclic) bond motifs is 1. The van der Waals surface area contributed by atoms with Crippen molar-refractivity contribution >= 4 is 29.4 Å². The van der Waals surface area contributed by atoms with Gasteiger partial charge in [0, 0.05) is 19.3 Å². The number of esters is 1. The first-order chi connectivity index (χ1) is 17.4. The summed E-state index contributed by atoms with van der Waals surface area (Å²) in [6.07, 6.45) is 5.48. The van der Waals surface area contributed by atoms with Crippen LogP contribution in [-0.4, -0.2) is 41.0 Å². The molecule has 1 aliphatic heterocycles. The molecule has 186 valence electrons. The van der Waals surface area contributed by atoms with Crippen LogP contribution in [0.2, 0.25) is 0 Å². The number of nitriles is 1. The molecule has 10 nitrogen and oxygen atoms in total. The summed E-state index contributed by atoms with van der Waals surface area (Å²) >= 11 is 0. The van der Waals surface area contributed by atoms with E-state index < -0.39 is 11.5 Å². The van der Waals surface area contributed by atoms with Crippen LogP contribution in [0.4, 0.5) is 5.82 Å². The monoisotopic (exact) mass is 489 g/mol. The number of hydrogen-bond donors (Lipinski definition) is 1. The maximum Gasteiger partial charge on any atom is 0.309 e. The van der Waals surface area contributed by atoms with Gasteiger partial charge in [0.25, 0.3) is 11.5 Å². The predicted octanol–water partition coefficient (Wildman–Crippen LogP) is 2.60. The number of rotatable bonds is 7. The van der Waals surface area contributed by atoms with E-state index in [9.17, 15) is 19.6 Å². The number of anilines is 1. The standard InChI is InChI=1S/C26H27N5O5/c1-3-35-26(34)18-8-11-30(12-9-18)23-21(25(33)31-10-4-6-17(2)22(31)29-23)14-19(15-27)24(32)28-16-20-7-5-13-36-20/h4-7,10,13-14,18H,3,8-9,11-12,16H2,1-2H3,(H,28,32). The second-order valence-corrected chi connectivity index (χ2v) is 8.48. The lowest BCUT2D eigenvalue weighted by molar-refractivity contribution is -0.148. The Morgan fingerprint density at radius 1 is 1.31 bits per heavy atom. The van der Waals surface area contributed by atoms with Crippen molar-refractivity contribution in [3.63, 3.8) is 0 Å². The number of nitrogens with one attached hydrogen (secondary N) is 1. The Hall–Kier alpha value is -4.39. The molecule has 1 amide bonds. The van der Waals surface area contributed by atoms with E-state index in [-0.39, 0.29) is 29.6 Å². The van der Waals surface area contributed by atoms with Crippen molar-refractivity contribution in [3.05, 3.63) is 69.5 Å². The van der Waals surface area contributed by atoms with Gasteiger partial charge in [-0.05, 0) is 56.5 Å². The van der Waals surface area contributed by atoms with Gasteiger partial charge in [-0.2, -0.15) is 5.26 Å². The summed E-state index contributed by atoms with van der Waals surface area (Å²) in [5, 5.41) is 12.3. The molecular weight excluding hydrogens is 462 g/mol. The van der Waals surface area contributed by atoms with Gasteiger partial charge < -0.3 is 19.4 Å². The number of pyridine rings is 1. The molecule has 10 heteroatoms. The van der Waals surface area contributed by atoms with Crippen LogP contribution in [0.25, 0.3) is 11.7 Å². The topological polar surface area (TPSA) is 130 Å². The number of aromatic nitrogens is 2. The molecule has 0 spiro atoms. The minimum absolute atomic E-state index is 0.104. The molecule has 4 heterocycles. The van der Waals surface area contributed by atoms with E-state index in [0.717, 1.165) is 5.56 Å². The van der Waals surface area contributed by atoms with Gasteiger partial charge in [-0.1, -0.05) is 6.07 Å². The lowest BCUT2D eigenvalue weighted by atomic mass is 9.96. The molecule has 4 rings (SSSR count). The third-order valence-corrected chi connectivity index (χ3v) is 6.14. The van der Waals surface area contributed by atoms with E-state index in [0.29, 0.717) is 49.8 Å². The number of carbonyl (C=O) groups excluding carboxylic acids is 2. The lowest BCUT2D eigenvalue weighted by Gasteiger charge is -2.32. The van der Waals surface area contributed by atoms with Crippen molar-refractivity contribution in [2.24, 2.45) is 5.92 Å². The molecule has 0 bridgehead atoms. The van der Waals surface area contributed by atoms with Crippen LogP contribution in [0.3, 0.4) is 0 Å². The Labute approximate surface area is 207 Å². The smallest absolute Gasteiger partial charge is 0.309 e. The zero-order valence-electron chi connectivity index (χ0n) is 20.2. The van der Waals surface area contributed by atoms with Crippen LogP contribution in [0.1, 0.15) is 36.7 Å². The molecule has 1 saturated heterocycles. The van der Waals surface area contributed by atoms with E-state index in [4.69, 9.17) is 14.1 Å². The van der Waals surface area contributed by atoms with E-state index in [2.05, 4.69) is 5.32 Å². The van der Waals surface area contributed by atoms with Crippen molar-refractivity contribution < 1.29 is 18.7 Å². The summed E-state index contributed by atoms with van der Waals surface area (Å²) in [5.74, 6) is -0.156. The van der Waals surface area contributed by atoms with E-state index in [1.807, 2.05) is 24.0 Å². The van der Waals surface area contributed by atoms with E-state index in [1.165, 1.54) is 16.7 Å². The number of carbonyl (C=O) groups is 2. The van der Waals surface area contributed by atoms with Crippen LogP contribution >= 0.6 is 0 Å². The Bertz CT molecular complexity index is 1390. The number of ether oxygens (including phenoxy) is 1. The Morgan fingerprint density at radius 2 is 2.08 bits per heavy atom. The van der Waals surface area contributed by atoms with Gasteiger partial charge in [0.15, 0.2) is 0 Å². The number of amides is 1.